The number of anilines is 1. The molecule has 104 valence electrons. The van der Waals surface area contributed by atoms with Crippen LogP contribution < -0.4 is 10.7 Å². The minimum absolute atomic E-state index is 0.508. The van der Waals surface area contributed by atoms with E-state index in [2.05, 4.69) is 27.7 Å². The summed E-state index contributed by atoms with van der Waals surface area (Å²) in [5.74, 6) is 0. The van der Waals surface area contributed by atoms with Crippen LogP contribution >= 0.6 is 35.4 Å². The van der Waals surface area contributed by atoms with Crippen LogP contribution in [0.25, 0.3) is 0 Å². The zero-order valence-corrected chi connectivity index (χ0v) is 12.9. The van der Waals surface area contributed by atoms with Crippen molar-refractivity contribution in [3.8, 4) is 0 Å². The van der Waals surface area contributed by atoms with Gasteiger partial charge in [-0.3, -0.25) is 5.43 Å². The van der Waals surface area contributed by atoms with E-state index in [1.165, 1.54) is 0 Å². The number of hydrazine groups is 1. The molecule has 0 atom stereocenters. The quantitative estimate of drug-likeness (QED) is 0.818. The second-order valence-electron chi connectivity index (χ2n) is 4.49. The molecule has 1 aromatic carbocycles. The second kappa shape index (κ2) is 6.72. The van der Waals surface area contributed by atoms with E-state index in [9.17, 15) is 0 Å². The Labute approximate surface area is 128 Å². The van der Waals surface area contributed by atoms with Crippen LogP contribution in [0.5, 0.6) is 0 Å². The van der Waals surface area contributed by atoms with E-state index in [4.69, 9.17) is 35.4 Å². The maximum Gasteiger partial charge on any atom is 0.185 e. The summed E-state index contributed by atoms with van der Waals surface area (Å²) in [6, 6.07) is 5.33. The Bertz CT molecular complexity index is 461. The number of thiocarbonyl (C=S) groups is 1. The summed E-state index contributed by atoms with van der Waals surface area (Å²) in [5, 5.41) is 6.79. The lowest BCUT2D eigenvalue weighted by Gasteiger charge is -2.33. The molecule has 0 unspecified atom stereocenters. The average Bonchev–Trinajstić information content (AvgIpc) is 2.37. The Hall–Kier alpha value is -0.590. The van der Waals surface area contributed by atoms with Gasteiger partial charge in [0.05, 0.1) is 10.0 Å². The first-order chi connectivity index (χ1) is 9.04. The van der Waals surface area contributed by atoms with Gasteiger partial charge in [0.2, 0.25) is 0 Å². The first-order valence-electron chi connectivity index (χ1n) is 6.01. The number of hydrogen-bond acceptors (Lipinski definition) is 3. The Balaban J connectivity index is 1.85. The topological polar surface area (TPSA) is 30.5 Å². The fourth-order valence-corrected chi connectivity index (χ4v) is 2.34. The molecule has 0 amide bonds. The third-order valence-electron chi connectivity index (χ3n) is 2.94. The highest BCUT2D eigenvalue weighted by molar-refractivity contribution is 7.80. The molecule has 4 nitrogen and oxygen atoms in total. The number of nitrogens with one attached hydrogen (secondary N) is 2. The van der Waals surface area contributed by atoms with Gasteiger partial charge in [0.1, 0.15) is 0 Å². The van der Waals surface area contributed by atoms with Crippen molar-refractivity contribution in [2.45, 2.75) is 0 Å². The van der Waals surface area contributed by atoms with Gasteiger partial charge in [-0.05, 0) is 37.5 Å². The summed E-state index contributed by atoms with van der Waals surface area (Å²) in [7, 11) is 2.11. The van der Waals surface area contributed by atoms with E-state index in [1.54, 1.807) is 12.1 Å². The van der Waals surface area contributed by atoms with E-state index in [0.29, 0.717) is 15.2 Å². The zero-order valence-electron chi connectivity index (χ0n) is 10.6. The van der Waals surface area contributed by atoms with E-state index in [0.717, 1.165) is 31.9 Å². The van der Waals surface area contributed by atoms with Gasteiger partial charge in [0, 0.05) is 31.9 Å². The van der Waals surface area contributed by atoms with Crippen molar-refractivity contribution in [1.29, 1.82) is 0 Å². The first-order valence-corrected chi connectivity index (χ1v) is 7.17. The molecule has 7 heteroatoms. The van der Waals surface area contributed by atoms with Gasteiger partial charge in [0.15, 0.2) is 5.11 Å². The number of likely N-dealkylation sites (N-methyl/N-ethyl adjacent to an activating group) is 1. The van der Waals surface area contributed by atoms with Gasteiger partial charge in [-0.15, -0.1) is 0 Å². The van der Waals surface area contributed by atoms with Crippen molar-refractivity contribution in [3.63, 3.8) is 0 Å². The standard InChI is InChI=1S/C12H16Cl2N4S/c1-17-4-6-18(7-5-17)16-12(19)15-9-2-3-10(13)11(14)8-9/h2-3,8H,4-7H2,1H3,(H2,15,16,19). The third-order valence-corrected chi connectivity index (χ3v) is 3.87. The molecular weight excluding hydrogens is 303 g/mol. The summed E-state index contributed by atoms with van der Waals surface area (Å²) >= 11 is 17.1. The zero-order chi connectivity index (χ0) is 13.8. The summed E-state index contributed by atoms with van der Waals surface area (Å²) in [4.78, 5) is 2.29. The highest BCUT2D eigenvalue weighted by Gasteiger charge is 2.14. The monoisotopic (exact) mass is 318 g/mol. The van der Waals surface area contributed by atoms with Crippen molar-refractivity contribution in [2.75, 3.05) is 38.5 Å². The molecule has 2 N–H and O–H groups in total. The van der Waals surface area contributed by atoms with Crippen LogP contribution in [0.1, 0.15) is 0 Å². The van der Waals surface area contributed by atoms with Gasteiger partial charge in [-0.2, -0.15) is 0 Å². The van der Waals surface area contributed by atoms with Gasteiger partial charge in [-0.25, -0.2) is 5.01 Å². The number of halogens is 2. The number of benzene rings is 1. The smallest absolute Gasteiger partial charge is 0.185 e. The highest BCUT2D eigenvalue weighted by Crippen LogP contribution is 2.24. The summed E-state index contributed by atoms with van der Waals surface area (Å²) in [5.41, 5.74) is 3.99. The molecule has 1 fully saturated rings. The number of rotatable bonds is 2. The Kier molecular flexibility index (Phi) is 5.24. The van der Waals surface area contributed by atoms with Crippen molar-refractivity contribution < 1.29 is 0 Å². The van der Waals surface area contributed by atoms with E-state index in [-0.39, 0.29) is 0 Å². The third kappa shape index (κ3) is 4.47. The molecule has 2 rings (SSSR count). The van der Waals surface area contributed by atoms with Crippen LogP contribution in [-0.4, -0.2) is 48.2 Å². The predicted molar refractivity (Wildman–Crippen MR) is 84.9 cm³/mol. The van der Waals surface area contributed by atoms with Crippen LogP contribution in [0.4, 0.5) is 5.69 Å². The van der Waals surface area contributed by atoms with Gasteiger partial charge in [0.25, 0.3) is 0 Å². The molecule has 1 saturated heterocycles. The van der Waals surface area contributed by atoms with Crippen LogP contribution in [0.3, 0.4) is 0 Å². The Morgan fingerprint density at radius 1 is 1.16 bits per heavy atom. The SMILES string of the molecule is CN1CCN(NC(=S)Nc2ccc(Cl)c(Cl)c2)CC1. The molecule has 0 spiro atoms. The Morgan fingerprint density at radius 2 is 1.84 bits per heavy atom. The molecular formula is C12H16Cl2N4S. The minimum Gasteiger partial charge on any atom is -0.332 e. The molecule has 1 aromatic rings. The molecule has 1 aliphatic rings. The summed E-state index contributed by atoms with van der Waals surface area (Å²) < 4.78 is 0. The molecule has 0 aliphatic carbocycles. The van der Waals surface area contributed by atoms with Gasteiger partial charge in [-0.1, -0.05) is 23.2 Å². The number of hydrogen-bond donors (Lipinski definition) is 2. The van der Waals surface area contributed by atoms with Crippen molar-refractivity contribution >= 4 is 46.2 Å². The molecule has 1 aliphatic heterocycles. The van der Waals surface area contributed by atoms with Crippen molar-refractivity contribution in [3.05, 3.63) is 28.2 Å². The second-order valence-corrected chi connectivity index (χ2v) is 5.71. The van der Waals surface area contributed by atoms with Gasteiger partial charge >= 0.3 is 0 Å². The lowest BCUT2D eigenvalue weighted by atomic mass is 10.3. The lowest BCUT2D eigenvalue weighted by molar-refractivity contribution is 0.131. The van der Waals surface area contributed by atoms with Gasteiger partial charge < -0.3 is 10.2 Å². The summed E-state index contributed by atoms with van der Waals surface area (Å²) in [6.07, 6.45) is 0. The molecule has 0 bridgehead atoms. The number of piperazine rings is 1. The maximum absolute atomic E-state index is 5.95. The van der Waals surface area contributed by atoms with Crippen LogP contribution in [0.2, 0.25) is 10.0 Å². The van der Waals surface area contributed by atoms with Crippen LogP contribution in [0.15, 0.2) is 18.2 Å². The van der Waals surface area contributed by atoms with E-state index in [1.807, 2.05) is 6.07 Å². The minimum atomic E-state index is 0.508. The lowest BCUT2D eigenvalue weighted by Crippen LogP contribution is -2.53. The fourth-order valence-electron chi connectivity index (χ4n) is 1.79. The Morgan fingerprint density at radius 3 is 2.47 bits per heavy atom. The molecule has 19 heavy (non-hydrogen) atoms. The largest absolute Gasteiger partial charge is 0.332 e. The van der Waals surface area contributed by atoms with Crippen molar-refractivity contribution in [1.82, 2.24) is 15.3 Å². The molecule has 0 aromatic heterocycles. The summed E-state index contributed by atoms with van der Waals surface area (Å²) in [6.45, 7) is 3.95. The van der Waals surface area contributed by atoms with Crippen molar-refractivity contribution in [2.24, 2.45) is 0 Å². The van der Waals surface area contributed by atoms with E-state index < -0.39 is 0 Å². The highest BCUT2D eigenvalue weighted by atomic mass is 35.5. The first kappa shape index (κ1) is 14.8. The van der Waals surface area contributed by atoms with Crippen LogP contribution in [-0.2, 0) is 0 Å². The normalized spacial score (nSPS) is 17.2. The van der Waals surface area contributed by atoms with Crippen LogP contribution in [0, 0.1) is 0 Å². The fraction of sp³-hybridized carbons (Fsp3) is 0.417. The average molecular weight is 319 g/mol. The van der Waals surface area contributed by atoms with E-state index >= 15 is 0 Å². The number of nitrogens with zero attached hydrogens (tertiary/aromatic N) is 2. The predicted octanol–water partition coefficient (Wildman–Crippen LogP) is 2.44. The molecule has 0 radical (unpaired) electrons. The maximum atomic E-state index is 5.95. The molecule has 1 heterocycles. The molecule has 0 saturated carbocycles.